The average molecular weight is 272 g/mol. The number of carbonyl (C=O) groups excluding carboxylic acids is 1. The Kier molecular flexibility index (Phi) is 3.44. The van der Waals surface area contributed by atoms with Crippen LogP contribution in [0.5, 0.6) is 0 Å². The molecule has 0 radical (unpaired) electrons. The number of carbonyl (C=O) groups is 1. The number of rotatable bonds is 5. The van der Waals surface area contributed by atoms with Crippen LogP contribution in [-0.4, -0.2) is 29.1 Å². The zero-order chi connectivity index (χ0) is 14.1. The van der Waals surface area contributed by atoms with Crippen molar-refractivity contribution < 1.29 is 4.79 Å². The molecule has 0 atom stereocenters. The molecule has 0 spiro atoms. The minimum atomic E-state index is 0.00675. The van der Waals surface area contributed by atoms with Gasteiger partial charge in [0.25, 0.3) is 0 Å². The lowest BCUT2D eigenvalue weighted by Gasteiger charge is -2.05. The van der Waals surface area contributed by atoms with Crippen molar-refractivity contribution in [2.45, 2.75) is 25.3 Å². The van der Waals surface area contributed by atoms with E-state index in [4.69, 9.17) is 4.98 Å². The Labute approximate surface area is 118 Å². The average Bonchev–Trinajstić information content (AvgIpc) is 3.22. The number of benzene rings is 1. The molecule has 20 heavy (non-hydrogen) atoms. The van der Waals surface area contributed by atoms with Crippen LogP contribution in [0.4, 0.5) is 0 Å². The van der Waals surface area contributed by atoms with Crippen LogP contribution in [0.25, 0.3) is 11.0 Å². The number of imidazole rings is 1. The number of hydrogen-bond donors (Lipinski definition) is 2. The lowest BCUT2D eigenvalue weighted by atomic mass is 10.2. The molecule has 5 heteroatoms. The molecule has 1 aliphatic carbocycles. The zero-order valence-corrected chi connectivity index (χ0v) is 11.9. The van der Waals surface area contributed by atoms with E-state index in [-0.39, 0.29) is 5.91 Å². The fourth-order valence-corrected chi connectivity index (χ4v) is 2.50. The molecule has 5 nitrogen and oxygen atoms in total. The second kappa shape index (κ2) is 5.25. The van der Waals surface area contributed by atoms with Gasteiger partial charge in [-0.25, -0.2) is 4.98 Å². The van der Waals surface area contributed by atoms with Crippen LogP contribution in [0.3, 0.4) is 0 Å². The first-order valence-electron chi connectivity index (χ1n) is 7.05. The van der Waals surface area contributed by atoms with Crippen molar-refractivity contribution in [1.82, 2.24) is 20.2 Å². The van der Waals surface area contributed by atoms with Gasteiger partial charge < -0.3 is 15.2 Å². The van der Waals surface area contributed by atoms with E-state index in [1.165, 1.54) is 18.7 Å². The summed E-state index contributed by atoms with van der Waals surface area (Å²) in [6.07, 6.45) is 2.51. The summed E-state index contributed by atoms with van der Waals surface area (Å²) in [5, 5.41) is 5.72. The minimum Gasteiger partial charge on any atom is -0.351 e. The molecule has 0 unspecified atom stereocenters. The summed E-state index contributed by atoms with van der Waals surface area (Å²) in [6, 6.07) is 6.22. The first-order chi connectivity index (χ1) is 9.69. The first-order valence-corrected chi connectivity index (χ1v) is 7.05. The molecule has 0 aliphatic heterocycles. The fourth-order valence-electron chi connectivity index (χ4n) is 2.50. The Balaban J connectivity index is 1.78. The summed E-state index contributed by atoms with van der Waals surface area (Å²) >= 11 is 0. The van der Waals surface area contributed by atoms with E-state index in [0.717, 1.165) is 16.6 Å². The smallest absolute Gasteiger partial charge is 0.234 e. The van der Waals surface area contributed by atoms with Crippen molar-refractivity contribution in [1.29, 1.82) is 0 Å². The van der Waals surface area contributed by atoms with Gasteiger partial charge in [0.05, 0.1) is 17.6 Å². The van der Waals surface area contributed by atoms with Gasteiger partial charge in [0.2, 0.25) is 5.91 Å². The van der Waals surface area contributed by atoms with Gasteiger partial charge in [-0.1, -0.05) is 6.07 Å². The van der Waals surface area contributed by atoms with Gasteiger partial charge >= 0.3 is 0 Å². The van der Waals surface area contributed by atoms with Crippen LogP contribution in [0.2, 0.25) is 0 Å². The fraction of sp³-hybridized carbons (Fsp3) is 0.467. The van der Waals surface area contributed by atoms with Gasteiger partial charge in [-0.2, -0.15) is 0 Å². The highest BCUT2D eigenvalue weighted by Crippen LogP contribution is 2.40. The van der Waals surface area contributed by atoms with Crippen LogP contribution < -0.4 is 10.6 Å². The van der Waals surface area contributed by atoms with Gasteiger partial charge in [0.1, 0.15) is 5.82 Å². The highest BCUT2D eigenvalue weighted by molar-refractivity contribution is 5.79. The second-order valence-corrected chi connectivity index (χ2v) is 5.43. The largest absolute Gasteiger partial charge is 0.351 e. The highest BCUT2D eigenvalue weighted by atomic mass is 16.1. The molecule has 106 valence electrons. The molecule has 1 aromatic carbocycles. The molecule has 1 saturated carbocycles. The molecule has 1 aromatic heterocycles. The Morgan fingerprint density at radius 3 is 2.95 bits per heavy atom. The van der Waals surface area contributed by atoms with Crippen molar-refractivity contribution >= 4 is 16.9 Å². The predicted octanol–water partition coefficient (Wildman–Crippen LogP) is 1.29. The molecule has 1 heterocycles. The predicted molar refractivity (Wildman–Crippen MR) is 78.5 cm³/mol. The number of likely N-dealkylation sites (N-methyl/N-ethyl adjacent to an activating group) is 1. The quantitative estimate of drug-likeness (QED) is 0.862. The van der Waals surface area contributed by atoms with Gasteiger partial charge in [-0.3, -0.25) is 4.79 Å². The van der Waals surface area contributed by atoms with Crippen LogP contribution in [0.15, 0.2) is 18.2 Å². The molecule has 3 rings (SSSR count). The Morgan fingerprint density at radius 1 is 1.45 bits per heavy atom. The Morgan fingerprint density at radius 2 is 2.25 bits per heavy atom. The van der Waals surface area contributed by atoms with Crippen LogP contribution in [0.1, 0.15) is 30.1 Å². The molecule has 1 aliphatic rings. The number of hydrogen-bond acceptors (Lipinski definition) is 3. The van der Waals surface area contributed by atoms with E-state index < -0.39 is 0 Å². The van der Waals surface area contributed by atoms with E-state index >= 15 is 0 Å². The standard InChI is InChI=1S/C15H20N4O/c1-16-9-14(20)17-8-10-3-6-13-12(7-10)18-15(19(13)2)11-4-5-11/h3,6-7,11,16H,4-5,8-9H2,1-2H3,(H,17,20). The highest BCUT2D eigenvalue weighted by Gasteiger charge is 2.28. The molecule has 0 saturated heterocycles. The molecule has 2 aromatic rings. The maximum atomic E-state index is 11.4. The van der Waals surface area contributed by atoms with Crippen molar-refractivity contribution in [3.05, 3.63) is 29.6 Å². The molecular formula is C15H20N4O. The van der Waals surface area contributed by atoms with E-state index in [1.807, 2.05) is 0 Å². The number of nitrogens with zero attached hydrogens (tertiary/aromatic N) is 2. The number of fused-ring (bicyclic) bond motifs is 1. The van der Waals surface area contributed by atoms with E-state index in [9.17, 15) is 4.79 Å². The summed E-state index contributed by atoms with van der Waals surface area (Å²) in [5.74, 6) is 1.84. The third-order valence-electron chi connectivity index (χ3n) is 3.75. The number of aryl methyl sites for hydroxylation is 1. The lowest BCUT2D eigenvalue weighted by molar-refractivity contribution is -0.120. The van der Waals surface area contributed by atoms with Crippen molar-refractivity contribution in [3.8, 4) is 0 Å². The Hall–Kier alpha value is -1.88. The van der Waals surface area contributed by atoms with Gasteiger partial charge in [0, 0.05) is 19.5 Å². The molecule has 0 bridgehead atoms. The summed E-state index contributed by atoms with van der Waals surface area (Å²) in [5.41, 5.74) is 3.27. The van der Waals surface area contributed by atoms with E-state index in [0.29, 0.717) is 19.0 Å². The summed E-state index contributed by atoms with van der Waals surface area (Å²) in [4.78, 5) is 16.2. The summed E-state index contributed by atoms with van der Waals surface area (Å²) in [7, 11) is 3.84. The normalized spacial score (nSPS) is 14.7. The summed E-state index contributed by atoms with van der Waals surface area (Å²) in [6.45, 7) is 0.892. The SMILES string of the molecule is CNCC(=O)NCc1ccc2c(c1)nc(C1CC1)n2C. The van der Waals surface area contributed by atoms with Crippen LogP contribution in [-0.2, 0) is 18.4 Å². The van der Waals surface area contributed by atoms with Gasteiger partial charge in [-0.05, 0) is 37.6 Å². The maximum Gasteiger partial charge on any atom is 0.234 e. The molecular weight excluding hydrogens is 252 g/mol. The lowest BCUT2D eigenvalue weighted by Crippen LogP contribution is -2.31. The molecule has 2 N–H and O–H groups in total. The number of nitrogens with one attached hydrogen (secondary N) is 2. The minimum absolute atomic E-state index is 0.00675. The third kappa shape index (κ3) is 2.54. The van der Waals surface area contributed by atoms with Crippen molar-refractivity contribution in [2.24, 2.45) is 7.05 Å². The first kappa shape index (κ1) is 13.1. The third-order valence-corrected chi connectivity index (χ3v) is 3.75. The van der Waals surface area contributed by atoms with Gasteiger partial charge in [0.15, 0.2) is 0 Å². The summed E-state index contributed by atoms with van der Waals surface area (Å²) < 4.78 is 2.19. The van der Waals surface area contributed by atoms with Crippen LogP contribution in [0, 0.1) is 0 Å². The van der Waals surface area contributed by atoms with Crippen molar-refractivity contribution in [2.75, 3.05) is 13.6 Å². The van der Waals surface area contributed by atoms with Gasteiger partial charge in [-0.15, -0.1) is 0 Å². The maximum absolute atomic E-state index is 11.4. The van der Waals surface area contributed by atoms with Crippen LogP contribution >= 0.6 is 0 Å². The molecule has 1 fully saturated rings. The number of amides is 1. The van der Waals surface area contributed by atoms with Crippen molar-refractivity contribution in [3.63, 3.8) is 0 Å². The topological polar surface area (TPSA) is 59.0 Å². The second-order valence-electron chi connectivity index (χ2n) is 5.43. The molecule has 1 amide bonds. The number of aromatic nitrogens is 2. The Bertz CT molecular complexity index is 643. The monoisotopic (exact) mass is 272 g/mol. The van der Waals surface area contributed by atoms with E-state index in [1.54, 1.807) is 7.05 Å². The van der Waals surface area contributed by atoms with E-state index in [2.05, 4.69) is 40.4 Å². The zero-order valence-electron chi connectivity index (χ0n) is 11.9.